The van der Waals surface area contributed by atoms with Crippen LogP contribution in [0.1, 0.15) is 12.5 Å². The zero-order valence-corrected chi connectivity index (χ0v) is 17.0. The molecule has 3 aromatic carbocycles. The monoisotopic (exact) mass is 416 g/mol. The van der Waals surface area contributed by atoms with Gasteiger partial charge in [-0.25, -0.2) is 9.80 Å². The maximum atomic E-state index is 13.0. The predicted octanol–water partition coefficient (Wildman–Crippen LogP) is 3.24. The van der Waals surface area contributed by atoms with Gasteiger partial charge in [0.25, 0.3) is 11.8 Å². The number of carbonyl (C=O) groups excluding carboxylic acids is 3. The van der Waals surface area contributed by atoms with Crippen molar-refractivity contribution in [1.82, 2.24) is 5.43 Å². The molecule has 7 heteroatoms. The van der Waals surface area contributed by atoms with Gasteiger partial charge in [0, 0.05) is 5.56 Å². The minimum absolute atomic E-state index is 0.0317. The Morgan fingerprint density at radius 1 is 1.00 bits per heavy atom. The lowest BCUT2D eigenvalue weighted by Gasteiger charge is -2.16. The van der Waals surface area contributed by atoms with E-state index in [1.54, 1.807) is 37.3 Å². The highest BCUT2D eigenvalue weighted by atomic mass is 16.6. The molecule has 31 heavy (non-hydrogen) atoms. The Hall–Kier alpha value is -4.13. The third kappa shape index (κ3) is 3.85. The number of carbonyl (C=O) groups is 3. The van der Waals surface area contributed by atoms with Gasteiger partial charge in [0.05, 0.1) is 12.8 Å². The highest BCUT2D eigenvalue weighted by Crippen LogP contribution is 2.32. The Balaban J connectivity index is 1.80. The molecule has 2 amide bonds. The number of anilines is 1. The number of nitrogens with one attached hydrogen (secondary N) is 1. The molecule has 0 aromatic heterocycles. The van der Waals surface area contributed by atoms with Gasteiger partial charge in [-0.1, -0.05) is 48.5 Å². The highest BCUT2D eigenvalue weighted by Gasteiger charge is 2.35. The minimum Gasteiger partial charge on any atom is -0.478 e. The van der Waals surface area contributed by atoms with Crippen LogP contribution >= 0.6 is 0 Å². The number of amides is 2. The van der Waals surface area contributed by atoms with Crippen molar-refractivity contribution >= 4 is 40.3 Å². The van der Waals surface area contributed by atoms with Gasteiger partial charge in [0.2, 0.25) is 0 Å². The van der Waals surface area contributed by atoms with E-state index < -0.39 is 23.9 Å². The Morgan fingerprint density at radius 2 is 1.71 bits per heavy atom. The van der Waals surface area contributed by atoms with Gasteiger partial charge in [-0.2, -0.15) is 0 Å². The van der Waals surface area contributed by atoms with Crippen LogP contribution in [0, 0.1) is 0 Å². The number of para-hydroxylation sites is 1. The summed E-state index contributed by atoms with van der Waals surface area (Å²) in [5.74, 6) is -1.16. The lowest BCUT2D eigenvalue weighted by atomic mass is 10.0. The number of hydrogen-bond donors (Lipinski definition) is 1. The van der Waals surface area contributed by atoms with Gasteiger partial charge in [0.15, 0.2) is 6.10 Å². The predicted molar refractivity (Wildman–Crippen MR) is 116 cm³/mol. The number of hydrogen-bond acceptors (Lipinski definition) is 5. The van der Waals surface area contributed by atoms with Crippen LogP contribution in [0.15, 0.2) is 72.3 Å². The molecule has 1 N–H and O–H groups in total. The number of ether oxygens (including phenoxy) is 2. The Morgan fingerprint density at radius 3 is 2.45 bits per heavy atom. The zero-order chi connectivity index (χ0) is 22.0. The van der Waals surface area contributed by atoms with Crippen molar-refractivity contribution in [1.29, 1.82) is 0 Å². The van der Waals surface area contributed by atoms with Crippen molar-refractivity contribution in [3.63, 3.8) is 0 Å². The highest BCUT2D eigenvalue weighted by molar-refractivity contribution is 6.32. The summed E-state index contributed by atoms with van der Waals surface area (Å²) in [6.07, 6.45) is 0.639. The van der Waals surface area contributed by atoms with Gasteiger partial charge in [0.1, 0.15) is 11.3 Å². The maximum absolute atomic E-state index is 13.0. The van der Waals surface area contributed by atoms with E-state index >= 15 is 0 Å². The summed E-state index contributed by atoms with van der Waals surface area (Å²) in [6.45, 7) is 1.57. The quantitative estimate of drug-likeness (QED) is 0.392. The van der Waals surface area contributed by atoms with Crippen molar-refractivity contribution in [2.75, 3.05) is 12.1 Å². The standard InChI is InChI=1S/C24H20N2O5/c1-15(24(29)30-2)31-21-13-12-16-8-6-7-11-18(16)19(21)14-20-22(27)25-26(23(20)28)17-9-4-3-5-10-17/h3-15H,1-2H3,(H,25,27)/b20-14-/t15-/m1/s1. The van der Waals surface area contributed by atoms with E-state index in [9.17, 15) is 14.4 Å². The second-order valence-corrected chi connectivity index (χ2v) is 6.96. The van der Waals surface area contributed by atoms with E-state index in [1.165, 1.54) is 18.2 Å². The summed E-state index contributed by atoms with van der Waals surface area (Å²) >= 11 is 0. The second kappa shape index (κ2) is 8.31. The number of hydrazine groups is 1. The van der Waals surface area contributed by atoms with Gasteiger partial charge in [-0.15, -0.1) is 0 Å². The molecule has 1 aliphatic heterocycles. The molecule has 4 rings (SSSR count). The molecule has 7 nitrogen and oxygen atoms in total. The number of esters is 1. The molecule has 1 fully saturated rings. The fourth-order valence-corrected chi connectivity index (χ4v) is 3.39. The SMILES string of the molecule is COC(=O)[C@@H](C)Oc1ccc2ccccc2c1/C=C1/C(=O)NN(c2ccccc2)C1=O. The van der Waals surface area contributed by atoms with Gasteiger partial charge in [-0.3, -0.25) is 15.0 Å². The normalized spacial score (nSPS) is 15.8. The molecule has 1 saturated heterocycles. The Bertz CT molecular complexity index is 1200. The van der Waals surface area contributed by atoms with Crippen LogP contribution in [0.3, 0.4) is 0 Å². The summed E-state index contributed by atoms with van der Waals surface area (Å²) in [5.41, 5.74) is 3.64. The van der Waals surface area contributed by atoms with Crippen molar-refractivity contribution in [3.05, 3.63) is 77.9 Å². The number of fused-ring (bicyclic) bond motifs is 1. The average molecular weight is 416 g/mol. The fraction of sp³-hybridized carbons (Fsp3) is 0.125. The zero-order valence-electron chi connectivity index (χ0n) is 17.0. The van der Waals surface area contributed by atoms with Crippen molar-refractivity contribution in [3.8, 4) is 5.75 Å². The van der Waals surface area contributed by atoms with E-state index in [2.05, 4.69) is 5.43 Å². The Kier molecular flexibility index (Phi) is 5.41. The molecule has 156 valence electrons. The van der Waals surface area contributed by atoms with Gasteiger partial charge >= 0.3 is 5.97 Å². The largest absolute Gasteiger partial charge is 0.478 e. The summed E-state index contributed by atoms with van der Waals surface area (Å²) in [6, 6.07) is 19.9. The van der Waals surface area contributed by atoms with Crippen LogP contribution in [0.5, 0.6) is 5.75 Å². The third-order valence-electron chi connectivity index (χ3n) is 4.96. The minimum atomic E-state index is -0.864. The van der Waals surface area contributed by atoms with E-state index in [4.69, 9.17) is 9.47 Å². The van der Waals surface area contributed by atoms with Crippen LogP contribution < -0.4 is 15.2 Å². The number of benzene rings is 3. The molecule has 1 atom stereocenters. The van der Waals surface area contributed by atoms with Crippen LogP contribution in [-0.4, -0.2) is 31.0 Å². The number of methoxy groups -OCH3 is 1. The van der Waals surface area contributed by atoms with Crippen LogP contribution in [0.25, 0.3) is 16.8 Å². The molecule has 0 bridgehead atoms. The lowest BCUT2D eigenvalue weighted by Crippen LogP contribution is -2.35. The lowest BCUT2D eigenvalue weighted by molar-refractivity contribution is -0.147. The second-order valence-electron chi connectivity index (χ2n) is 6.96. The first-order chi connectivity index (χ1) is 15.0. The molecule has 0 radical (unpaired) electrons. The van der Waals surface area contributed by atoms with Crippen molar-refractivity contribution in [2.45, 2.75) is 13.0 Å². The summed E-state index contributed by atoms with van der Waals surface area (Å²) in [4.78, 5) is 37.5. The molecule has 3 aromatic rings. The third-order valence-corrected chi connectivity index (χ3v) is 4.96. The first kappa shape index (κ1) is 20.2. The summed E-state index contributed by atoms with van der Waals surface area (Å²) in [7, 11) is 1.28. The smallest absolute Gasteiger partial charge is 0.346 e. The number of nitrogens with zero attached hydrogens (tertiary/aromatic N) is 1. The first-order valence-corrected chi connectivity index (χ1v) is 9.68. The summed E-state index contributed by atoms with van der Waals surface area (Å²) < 4.78 is 10.6. The van der Waals surface area contributed by atoms with Crippen molar-refractivity contribution < 1.29 is 23.9 Å². The molecule has 0 aliphatic carbocycles. The molecule has 0 spiro atoms. The fourth-order valence-electron chi connectivity index (χ4n) is 3.39. The van der Waals surface area contributed by atoms with Gasteiger partial charge in [-0.05, 0) is 42.0 Å². The molecule has 0 unspecified atom stereocenters. The van der Waals surface area contributed by atoms with E-state index in [0.29, 0.717) is 17.0 Å². The average Bonchev–Trinajstić information content (AvgIpc) is 3.08. The molecule has 1 heterocycles. The van der Waals surface area contributed by atoms with Crippen molar-refractivity contribution in [2.24, 2.45) is 0 Å². The summed E-state index contributed by atoms with van der Waals surface area (Å²) in [5, 5.41) is 2.89. The van der Waals surface area contributed by atoms with Crippen LogP contribution in [-0.2, 0) is 19.1 Å². The van der Waals surface area contributed by atoms with Gasteiger partial charge < -0.3 is 9.47 Å². The van der Waals surface area contributed by atoms with Crippen LogP contribution in [0.2, 0.25) is 0 Å². The number of rotatable bonds is 5. The van der Waals surface area contributed by atoms with E-state index in [-0.39, 0.29) is 5.57 Å². The maximum Gasteiger partial charge on any atom is 0.346 e. The topological polar surface area (TPSA) is 84.9 Å². The molecular weight excluding hydrogens is 396 g/mol. The Labute approximate surface area is 178 Å². The molecular formula is C24H20N2O5. The van der Waals surface area contributed by atoms with E-state index in [1.807, 2.05) is 36.4 Å². The molecule has 1 aliphatic rings. The van der Waals surface area contributed by atoms with E-state index in [0.717, 1.165) is 10.8 Å². The molecule has 0 saturated carbocycles. The van der Waals surface area contributed by atoms with Crippen LogP contribution in [0.4, 0.5) is 5.69 Å². The first-order valence-electron chi connectivity index (χ1n) is 9.68.